The van der Waals surface area contributed by atoms with Gasteiger partial charge in [-0.2, -0.15) is 5.26 Å². The number of nitriles is 1. The van der Waals surface area contributed by atoms with Gasteiger partial charge in [-0.15, -0.1) is 0 Å². The number of nitrogens with zero attached hydrogens (tertiary/aromatic N) is 1. The van der Waals surface area contributed by atoms with Gasteiger partial charge < -0.3 is 9.84 Å². The SMILES string of the molecule is COc1cc(/C=C(/C#N)c2ccc(C)cc2)c(Br)cc1O. The van der Waals surface area contributed by atoms with Crippen LogP contribution in [0.4, 0.5) is 0 Å². The normalized spacial score (nSPS) is 11.0. The smallest absolute Gasteiger partial charge is 0.161 e. The molecule has 0 fully saturated rings. The van der Waals surface area contributed by atoms with E-state index in [-0.39, 0.29) is 5.75 Å². The maximum atomic E-state index is 9.71. The molecule has 0 saturated carbocycles. The van der Waals surface area contributed by atoms with E-state index in [0.717, 1.165) is 16.7 Å². The highest BCUT2D eigenvalue weighted by Gasteiger charge is 2.08. The van der Waals surface area contributed by atoms with Crippen molar-refractivity contribution in [3.05, 3.63) is 57.6 Å². The van der Waals surface area contributed by atoms with E-state index >= 15 is 0 Å². The second-order valence-electron chi connectivity index (χ2n) is 4.58. The molecule has 21 heavy (non-hydrogen) atoms. The summed E-state index contributed by atoms with van der Waals surface area (Å²) in [6, 6.07) is 13.2. The Labute approximate surface area is 132 Å². The first-order chi connectivity index (χ1) is 10.0. The Balaban J connectivity index is 2.50. The van der Waals surface area contributed by atoms with Crippen molar-refractivity contribution in [3.63, 3.8) is 0 Å². The summed E-state index contributed by atoms with van der Waals surface area (Å²) >= 11 is 3.38. The van der Waals surface area contributed by atoms with E-state index < -0.39 is 0 Å². The summed E-state index contributed by atoms with van der Waals surface area (Å²) in [5.41, 5.74) is 3.30. The van der Waals surface area contributed by atoms with Gasteiger partial charge in [0.2, 0.25) is 0 Å². The average Bonchev–Trinajstić information content (AvgIpc) is 2.48. The van der Waals surface area contributed by atoms with Gasteiger partial charge in [-0.1, -0.05) is 45.8 Å². The molecule has 106 valence electrons. The molecule has 2 aromatic carbocycles. The molecule has 0 saturated heterocycles. The van der Waals surface area contributed by atoms with Crippen molar-refractivity contribution in [2.45, 2.75) is 6.92 Å². The molecule has 2 rings (SSSR count). The summed E-state index contributed by atoms with van der Waals surface area (Å²) in [6.45, 7) is 2.00. The Morgan fingerprint density at radius 2 is 1.95 bits per heavy atom. The van der Waals surface area contributed by atoms with Crippen molar-refractivity contribution in [2.75, 3.05) is 7.11 Å². The number of hydrogen-bond donors (Lipinski definition) is 1. The van der Waals surface area contributed by atoms with Gasteiger partial charge in [-0.05, 0) is 36.3 Å². The zero-order valence-electron chi connectivity index (χ0n) is 11.7. The highest BCUT2D eigenvalue weighted by molar-refractivity contribution is 9.10. The van der Waals surface area contributed by atoms with E-state index in [0.29, 0.717) is 15.8 Å². The average molecular weight is 344 g/mol. The Morgan fingerprint density at radius 1 is 1.29 bits per heavy atom. The van der Waals surface area contributed by atoms with Crippen LogP contribution in [0.25, 0.3) is 11.6 Å². The summed E-state index contributed by atoms with van der Waals surface area (Å²) in [5.74, 6) is 0.418. The summed E-state index contributed by atoms with van der Waals surface area (Å²) in [4.78, 5) is 0. The molecule has 0 amide bonds. The van der Waals surface area contributed by atoms with Crippen LogP contribution < -0.4 is 4.74 Å². The minimum atomic E-state index is 0.0513. The minimum Gasteiger partial charge on any atom is -0.504 e. The Bertz CT molecular complexity index is 728. The lowest BCUT2D eigenvalue weighted by atomic mass is 10.0. The van der Waals surface area contributed by atoms with Gasteiger partial charge in [0.15, 0.2) is 11.5 Å². The Kier molecular flexibility index (Phi) is 4.66. The molecule has 3 nitrogen and oxygen atoms in total. The van der Waals surface area contributed by atoms with Gasteiger partial charge in [0.1, 0.15) is 0 Å². The van der Waals surface area contributed by atoms with Crippen LogP contribution in [0.3, 0.4) is 0 Å². The minimum absolute atomic E-state index is 0.0513. The summed E-state index contributed by atoms with van der Waals surface area (Å²) in [6.07, 6.45) is 1.76. The molecule has 0 aliphatic heterocycles. The van der Waals surface area contributed by atoms with E-state index in [4.69, 9.17) is 4.74 Å². The summed E-state index contributed by atoms with van der Waals surface area (Å²) in [7, 11) is 1.49. The van der Waals surface area contributed by atoms with Gasteiger partial charge in [-0.25, -0.2) is 0 Å². The molecule has 0 radical (unpaired) electrons. The molecule has 1 N–H and O–H groups in total. The summed E-state index contributed by atoms with van der Waals surface area (Å²) in [5, 5.41) is 19.1. The van der Waals surface area contributed by atoms with Crippen molar-refractivity contribution in [3.8, 4) is 17.6 Å². The van der Waals surface area contributed by atoms with Gasteiger partial charge in [0.25, 0.3) is 0 Å². The van der Waals surface area contributed by atoms with Crippen LogP contribution in [0.5, 0.6) is 11.5 Å². The third-order valence-electron chi connectivity index (χ3n) is 3.08. The molecule has 2 aromatic rings. The van der Waals surface area contributed by atoms with E-state index in [1.54, 1.807) is 18.2 Å². The standard InChI is InChI=1S/C17H14BrNO2/c1-11-3-5-12(6-4-11)14(10-19)7-13-8-17(21-2)16(20)9-15(13)18/h3-9,20H,1-2H3/b14-7-. The lowest BCUT2D eigenvalue weighted by Crippen LogP contribution is -1.88. The fourth-order valence-electron chi connectivity index (χ4n) is 1.90. The Hall–Kier alpha value is -2.25. The number of phenols is 1. The number of hydrogen-bond acceptors (Lipinski definition) is 3. The monoisotopic (exact) mass is 343 g/mol. The number of allylic oxidation sites excluding steroid dienone is 1. The fraction of sp³-hybridized carbons (Fsp3) is 0.118. The van der Waals surface area contributed by atoms with Crippen molar-refractivity contribution < 1.29 is 9.84 Å². The number of benzene rings is 2. The van der Waals surface area contributed by atoms with Crippen LogP contribution in [0.1, 0.15) is 16.7 Å². The molecule has 4 heteroatoms. The predicted octanol–water partition coefficient (Wildman–Crippen LogP) is 4.54. The largest absolute Gasteiger partial charge is 0.504 e. The van der Waals surface area contributed by atoms with Crippen molar-refractivity contribution in [1.29, 1.82) is 5.26 Å². The van der Waals surface area contributed by atoms with Gasteiger partial charge in [0, 0.05) is 4.47 Å². The summed E-state index contributed by atoms with van der Waals surface area (Å²) < 4.78 is 5.79. The zero-order chi connectivity index (χ0) is 15.4. The first-order valence-corrected chi connectivity index (χ1v) is 7.09. The predicted molar refractivity (Wildman–Crippen MR) is 87.0 cm³/mol. The molecule has 0 aliphatic rings. The number of halogens is 1. The van der Waals surface area contributed by atoms with E-state index in [9.17, 15) is 10.4 Å². The maximum absolute atomic E-state index is 9.71. The first-order valence-electron chi connectivity index (χ1n) is 6.30. The third-order valence-corrected chi connectivity index (χ3v) is 3.77. The van der Waals surface area contributed by atoms with Crippen LogP contribution >= 0.6 is 15.9 Å². The quantitative estimate of drug-likeness (QED) is 0.657. The van der Waals surface area contributed by atoms with E-state index in [1.165, 1.54) is 7.11 Å². The molecular formula is C17H14BrNO2. The molecule has 0 aliphatic carbocycles. The molecular weight excluding hydrogens is 330 g/mol. The number of aromatic hydroxyl groups is 1. The topological polar surface area (TPSA) is 53.2 Å². The van der Waals surface area contributed by atoms with Crippen LogP contribution in [0.15, 0.2) is 40.9 Å². The van der Waals surface area contributed by atoms with Gasteiger partial charge >= 0.3 is 0 Å². The number of ether oxygens (including phenoxy) is 1. The lowest BCUT2D eigenvalue weighted by Gasteiger charge is -2.07. The molecule has 0 unspecified atom stereocenters. The third kappa shape index (κ3) is 3.45. The first kappa shape index (κ1) is 15.1. The van der Waals surface area contributed by atoms with Crippen LogP contribution in [0.2, 0.25) is 0 Å². The van der Waals surface area contributed by atoms with Crippen molar-refractivity contribution in [1.82, 2.24) is 0 Å². The maximum Gasteiger partial charge on any atom is 0.161 e. The van der Waals surface area contributed by atoms with Crippen LogP contribution in [-0.4, -0.2) is 12.2 Å². The number of rotatable bonds is 3. The molecule has 0 heterocycles. The zero-order valence-corrected chi connectivity index (χ0v) is 13.3. The van der Waals surface area contributed by atoms with Gasteiger partial charge in [-0.3, -0.25) is 0 Å². The van der Waals surface area contributed by atoms with E-state index in [2.05, 4.69) is 22.0 Å². The molecule has 0 aromatic heterocycles. The van der Waals surface area contributed by atoms with Crippen LogP contribution in [-0.2, 0) is 0 Å². The lowest BCUT2D eigenvalue weighted by molar-refractivity contribution is 0.373. The highest BCUT2D eigenvalue weighted by atomic mass is 79.9. The molecule has 0 bridgehead atoms. The highest BCUT2D eigenvalue weighted by Crippen LogP contribution is 2.34. The van der Waals surface area contributed by atoms with Crippen LogP contribution in [0, 0.1) is 18.3 Å². The number of methoxy groups -OCH3 is 1. The van der Waals surface area contributed by atoms with Crippen molar-refractivity contribution >= 4 is 27.6 Å². The second kappa shape index (κ2) is 6.47. The Morgan fingerprint density at radius 3 is 2.52 bits per heavy atom. The second-order valence-corrected chi connectivity index (χ2v) is 5.44. The fourth-order valence-corrected chi connectivity index (χ4v) is 2.35. The molecule has 0 spiro atoms. The number of phenolic OH excluding ortho intramolecular Hbond substituents is 1. The molecule has 0 atom stereocenters. The number of aryl methyl sites for hydroxylation is 1. The van der Waals surface area contributed by atoms with Gasteiger partial charge in [0.05, 0.1) is 18.8 Å². The van der Waals surface area contributed by atoms with Crippen molar-refractivity contribution in [2.24, 2.45) is 0 Å². The van der Waals surface area contributed by atoms with E-state index in [1.807, 2.05) is 31.2 Å².